The molecule has 2 heterocycles. The van der Waals surface area contributed by atoms with E-state index in [0.717, 1.165) is 38.0 Å². The monoisotopic (exact) mass is 433 g/mol. The van der Waals surface area contributed by atoms with Crippen LogP contribution in [0.3, 0.4) is 0 Å². The van der Waals surface area contributed by atoms with E-state index in [1.807, 2.05) is 24.3 Å². The molecule has 2 aromatic carbocycles. The fourth-order valence-corrected chi connectivity index (χ4v) is 4.11. The van der Waals surface area contributed by atoms with E-state index in [-0.39, 0.29) is 17.5 Å². The Morgan fingerprint density at radius 3 is 2.56 bits per heavy atom. The van der Waals surface area contributed by atoms with Crippen LogP contribution in [0.1, 0.15) is 28.8 Å². The predicted octanol–water partition coefficient (Wildman–Crippen LogP) is 4.45. The third-order valence-corrected chi connectivity index (χ3v) is 5.78. The highest BCUT2D eigenvalue weighted by Gasteiger charge is 2.27. The maximum atomic E-state index is 13.4. The minimum Gasteiger partial charge on any atom is -0.486 e. The van der Waals surface area contributed by atoms with Gasteiger partial charge in [0.1, 0.15) is 19.0 Å². The summed E-state index contributed by atoms with van der Waals surface area (Å²) in [7, 11) is 0. The Kier molecular flexibility index (Phi) is 5.45. The van der Waals surface area contributed by atoms with Crippen molar-refractivity contribution in [3.63, 3.8) is 0 Å². The van der Waals surface area contributed by atoms with E-state index in [4.69, 9.17) is 9.47 Å². The van der Waals surface area contributed by atoms with Crippen molar-refractivity contribution in [2.24, 2.45) is 5.92 Å². The van der Waals surface area contributed by atoms with Crippen LogP contribution in [0, 0.1) is 11.7 Å². The number of carbonyl (C=O) groups is 1. The normalized spacial score (nSPS) is 17.7. The number of carbonyl (C=O) groups excluding carboxylic acids is 1. The van der Waals surface area contributed by atoms with E-state index < -0.39 is 0 Å². The van der Waals surface area contributed by atoms with Gasteiger partial charge in [0.15, 0.2) is 17.3 Å². The molecule has 142 valence electrons. The zero-order valence-electron chi connectivity index (χ0n) is 14.9. The number of nitrogens with zero attached hydrogens (tertiary/aromatic N) is 1. The van der Waals surface area contributed by atoms with Crippen LogP contribution in [0.25, 0.3) is 0 Å². The molecule has 0 bridgehead atoms. The zero-order chi connectivity index (χ0) is 18.8. The van der Waals surface area contributed by atoms with Crippen LogP contribution in [-0.4, -0.2) is 37.0 Å². The summed E-state index contributed by atoms with van der Waals surface area (Å²) in [6.45, 7) is 3.54. The number of rotatable bonds is 4. The van der Waals surface area contributed by atoms with Gasteiger partial charge >= 0.3 is 0 Å². The van der Waals surface area contributed by atoms with Crippen molar-refractivity contribution < 1.29 is 18.7 Å². The summed E-state index contributed by atoms with van der Waals surface area (Å²) in [6.07, 6.45) is 1.66. The van der Waals surface area contributed by atoms with Crippen molar-refractivity contribution in [1.29, 1.82) is 0 Å². The fourth-order valence-electron chi connectivity index (χ4n) is 3.68. The predicted molar refractivity (Wildman–Crippen MR) is 104 cm³/mol. The Hall–Kier alpha value is -1.92. The van der Waals surface area contributed by atoms with Crippen molar-refractivity contribution in [2.45, 2.75) is 19.4 Å². The van der Waals surface area contributed by atoms with Gasteiger partial charge in [0.25, 0.3) is 0 Å². The number of likely N-dealkylation sites (tertiary alicyclic amines) is 1. The first-order valence-corrected chi connectivity index (χ1v) is 9.99. The van der Waals surface area contributed by atoms with Crippen LogP contribution >= 0.6 is 15.9 Å². The molecule has 0 aromatic heterocycles. The highest BCUT2D eigenvalue weighted by Crippen LogP contribution is 2.32. The molecular formula is C21H21BrFNO3. The van der Waals surface area contributed by atoms with Gasteiger partial charge in [-0.3, -0.25) is 9.69 Å². The quantitative estimate of drug-likeness (QED) is 0.667. The van der Waals surface area contributed by atoms with Gasteiger partial charge in [-0.05, 0) is 77.8 Å². The lowest BCUT2D eigenvalue weighted by atomic mass is 9.88. The van der Waals surface area contributed by atoms with Gasteiger partial charge in [0.05, 0.1) is 4.47 Å². The van der Waals surface area contributed by atoms with Crippen molar-refractivity contribution in [1.82, 2.24) is 4.90 Å². The molecule has 6 heteroatoms. The molecule has 0 spiro atoms. The number of hydrogen-bond acceptors (Lipinski definition) is 4. The fraction of sp³-hybridized carbons (Fsp3) is 0.381. The maximum Gasteiger partial charge on any atom is 0.166 e. The molecule has 2 aliphatic heterocycles. The van der Waals surface area contributed by atoms with E-state index in [1.165, 1.54) is 6.07 Å². The third-order valence-electron chi connectivity index (χ3n) is 5.18. The van der Waals surface area contributed by atoms with Crippen molar-refractivity contribution in [2.75, 3.05) is 26.3 Å². The molecule has 2 aromatic rings. The molecule has 1 saturated heterocycles. The number of Topliss-reactive ketones (excluding diaryl/α,β-unsaturated/α-hetero) is 1. The van der Waals surface area contributed by atoms with Crippen LogP contribution in [0.5, 0.6) is 11.5 Å². The highest BCUT2D eigenvalue weighted by atomic mass is 79.9. The Morgan fingerprint density at radius 1 is 1.07 bits per heavy atom. The van der Waals surface area contributed by atoms with Gasteiger partial charge in [-0.2, -0.15) is 0 Å². The highest BCUT2D eigenvalue weighted by molar-refractivity contribution is 9.10. The first-order chi connectivity index (χ1) is 13.1. The third kappa shape index (κ3) is 4.17. The average Bonchev–Trinajstić information content (AvgIpc) is 2.70. The summed E-state index contributed by atoms with van der Waals surface area (Å²) in [5.41, 5.74) is 1.76. The van der Waals surface area contributed by atoms with E-state index in [0.29, 0.717) is 34.7 Å². The Balaban J connectivity index is 1.36. The average molecular weight is 434 g/mol. The summed E-state index contributed by atoms with van der Waals surface area (Å²) in [5.74, 6) is 1.33. The summed E-state index contributed by atoms with van der Waals surface area (Å²) in [6, 6.07) is 10.6. The lowest BCUT2D eigenvalue weighted by molar-refractivity contribution is 0.0833. The number of fused-ring (bicyclic) bond motifs is 1. The first kappa shape index (κ1) is 18.4. The number of halogens is 2. The van der Waals surface area contributed by atoms with E-state index >= 15 is 0 Å². The lowest BCUT2D eigenvalue weighted by Gasteiger charge is -2.31. The largest absolute Gasteiger partial charge is 0.486 e. The molecule has 27 heavy (non-hydrogen) atoms. The van der Waals surface area contributed by atoms with Gasteiger partial charge in [0, 0.05) is 18.0 Å². The van der Waals surface area contributed by atoms with E-state index in [2.05, 4.69) is 20.8 Å². The van der Waals surface area contributed by atoms with E-state index in [9.17, 15) is 9.18 Å². The molecule has 0 unspecified atom stereocenters. The number of piperidine rings is 1. The van der Waals surface area contributed by atoms with Crippen LogP contribution in [0.15, 0.2) is 40.9 Å². The molecule has 0 saturated carbocycles. The van der Waals surface area contributed by atoms with Gasteiger partial charge in [0.2, 0.25) is 0 Å². The van der Waals surface area contributed by atoms with Crippen LogP contribution in [0.2, 0.25) is 0 Å². The van der Waals surface area contributed by atoms with Crippen molar-refractivity contribution in [3.8, 4) is 11.5 Å². The van der Waals surface area contributed by atoms with Crippen LogP contribution in [-0.2, 0) is 6.54 Å². The number of hydrogen-bond donors (Lipinski definition) is 0. The first-order valence-electron chi connectivity index (χ1n) is 9.20. The minimum absolute atomic E-state index is 0.0313. The summed E-state index contributed by atoms with van der Waals surface area (Å²) in [4.78, 5) is 15.2. The Morgan fingerprint density at radius 2 is 1.81 bits per heavy atom. The smallest absolute Gasteiger partial charge is 0.166 e. The Labute approximate surface area is 166 Å². The second kappa shape index (κ2) is 7.98. The van der Waals surface area contributed by atoms with Crippen LogP contribution < -0.4 is 9.47 Å². The van der Waals surface area contributed by atoms with Gasteiger partial charge in [-0.1, -0.05) is 6.07 Å². The number of ether oxygens (including phenoxy) is 2. The second-order valence-corrected chi connectivity index (χ2v) is 7.88. The SMILES string of the molecule is O=C(c1ccc2c(c1)OCCO2)C1CCN(Cc2ccc(F)c(Br)c2)CC1. The summed E-state index contributed by atoms with van der Waals surface area (Å²) in [5, 5.41) is 0. The molecule has 0 amide bonds. The number of ketones is 1. The Bertz CT molecular complexity index is 849. The second-order valence-electron chi connectivity index (χ2n) is 7.02. The van der Waals surface area contributed by atoms with E-state index in [1.54, 1.807) is 6.07 Å². The molecule has 0 aliphatic carbocycles. The molecule has 0 radical (unpaired) electrons. The molecule has 0 atom stereocenters. The zero-order valence-corrected chi connectivity index (χ0v) is 16.5. The standard InChI is InChI=1S/C21H21BrFNO3/c22-17-11-14(1-3-18(17)23)13-24-7-5-15(6-8-24)21(25)16-2-4-19-20(12-16)27-10-9-26-19/h1-4,11-12,15H,5-10,13H2. The minimum atomic E-state index is -0.248. The summed E-state index contributed by atoms with van der Waals surface area (Å²) >= 11 is 3.23. The molecule has 2 aliphatic rings. The van der Waals surface area contributed by atoms with Crippen molar-refractivity contribution >= 4 is 21.7 Å². The van der Waals surface area contributed by atoms with Crippen LogP contribution in [0.4, 0.5) is 4.39 Å². The molecule has 4 rings (SSSR count). The topological polar surface area (TPSA) is 38.8 Å². The molecule has 4 nitrogen and oxygen atoms in total. The lowest BCUT2D eigenvalue weighted by Crippen LogP contribution is -2.36. The molecule has 0 N–H and O–H groups in total. The van der Waals surface area contributed by atoms with Gasteiger partial charge in [-0.25, -0.2) is 4.39 Å². The molecule has 1 fully saturated rings. The van der Waals surface area contributed by atoms with Gasteiger partial charge < -0.3 is 9.47 Å². The molecular weight excluding hydrogens is 413 g/mol. The summed E-state index contributed by atoms with van der Waals surface area (Å²) < 4.78 is 25.0. The van der Waals surface area contributed by atoms with Crippen molar-refractivity contribution in [3.05, 3.63) is 57.8 Å². The van der Waals surface area contributed by atoms with Gasteiger partial charge in [-0.15, -0.1) is 0 Å². The maximum absolute atomic E-state index is 13.4. The number of benzene rings is 2.